The van der Waals surface area contributed by atoms with Crippen molar-refractivity contribution in [1.29, 1.82) is 0 Å². The van der Waals surface area contributed by atoms with E-state index < -0.39 is 0 Å². The highest BCUT2D eigenvalue weighted by Crippen LogP contribution is 2.24. The van der Waals surface area contributed by atoms with Crippen molar-refractivity contribution in [3.8, 4) is 0 Å². The summed E-state index contributed by atoms with van der Waals surface area (Å²) >= 11 is 0. The Labute approximate surface area is 185 Å². The minimum absolute atomic E-state index is 0. The van der Waals surface area contributed by atoms with Crippen molar-refractivity contribution in [2.24, 2.45) is 11.8 Å². The highest BCUT2D eigenvalue weighted by Gasteiger charge is 2.26. The van der Waals surface area contributed by atoms with Gasteiger partial charge in [-0.05, 0) is 60.9 Å². The molecular weight excluding hydrogens is 398 g/mol. The molecule has 30 heavy (non-hydrogen) atoms. The van der Waals surface area contributed by atoms with Crippen LogP contribution in [0.2, 0.25) is 0 Å². The lowest BCUT2D eigenvalue weighted by Crippen LogP contribution is -2.42. The Morgan fingerprint density at radius 2 is 1.77 bits per heavy atom. The summed E-state index contributed by atoms with van der Waals surface area (Å²) in [7, 11) is 0. The fourth-order valence-electron chi connectivity index (χ4n) is 4.12. The van der Waals surface area contributed by atoms with Crippen LogP contribution in [0.15, 0.2) is 42.5 Å². The van der Waals surface area contributed by atoms with E-state index in [1.807, 2.05) is 48.2 Å². The number of halogens is 1. The summed E-state index contributed by atoms with van der Waals surface area (Å²) in [5.41, 5.74) is 9.88. The van der Waals surface area contributed by atoms with Crippen LogP contribution in [0.3, 0.4) is 0 Å². The molecule has 2 amide bonds. The van der Waals surface area contributed by atoms with E-state index in [0.717, 1.165) is 30.6 Å². The fraction of sp³-hybridized carbons (Fsp3) is 0.417. The van der Waals surface area contributed by atoms with E-state index >= 15 is 0 Å². The number of amides is 2. The third kappa shape index (κ3) is 5.99. The van der Waals surface area contributed by atoms with Gasteiger partial charge >= 0.3 is 0 Å². The number of nitrogen functional groups attached to an aromatic ring is 1. The number of rotatable bonds is 5. The Morgan fingerprint density at radius 1 is 1.10 bits per heavy atom. The second-order valence-corrected chi connectivity index (χ2v) is 8.43. The minimum Gasteiger partial charge on any atom is -0.399 e. The third-order valence-corrected chi connectivity index (χ3v) is 5.59. The topological polar surface area (TPSA) is 75.4 Å². The highest BCUT2D eigenvalue weighted by molar-refractivity contribution is 5.98. The Morgan fingerprint density at radius 3 is 2.43 bits per heavy atom. The van der Waals surface area contributed by atoms with Crippen LogP contribution in [-0.4, -0.2) is 29.8 Å². The van der Waals surface area contributed by atoms with Crippen LogP contribution >= 0.6 is 12.4 Å². The van der Waals surface area contributed by atoms with Crippen molar-refractivity contribution in [2.75, 3.05) is 24.1 Å². The maximum Gasteiger partial charge on any atom is 0.253 e. The van der Waals surface area contributed by atoms with E-state index in [4.69, 9.17) is 5.73 Å². The molecule has 0 aromatic heterocycles. The van der Waals surface area contributed by atoms with Gasteiger partial charge in [0.15, 0.2) is 0 Å². The van der Waals surface area contributed by atoms with Gasteiger partial charge in [-0.1, -0.05) is 38.1 Å². The zero-order valence-electron chi connectivity index (χ0n) is 18.0. The molecule has 0 saturated carbocycles. The number of nitrogens with zero attached hydrogens (tertiary/aromatic N) is 1. The van der Waals surface area contributed by atoms with E-state index in [1.165, 1.54) is 0 Å². The van der Waals surface area contributed by atoms with Crippen LogP contribution in [0.1, 0.15) is 48.2 Å². The Bertz CT molecular complexity index is 890. The van der Waals surface area contributed by atoms with Crippen molar-refractivity contribution in [3.63, 3.8) is 0 Å². The summed E-state index contributed by atoms with van der Waals surface area (Å²) in [5, 5.41) is 2.97. The third-order valence-electron chi connectivity index (χ3n) is 5.59. The first kappa shape index (κ1) is 23.7. The molecule has 6 heteroatoms. The van der Waals surface area contributed by atoms with Crippen LogP contribution < -0.4 is 11.1 Å². The number of carbonyl (C=O) groups excluding carboxylic acids is 2. The zero-order valence-corrected chi connectivity index (χ0v) is 18.8. The standard InChI is InChI=1S/C24H31N3O2.ClH/c1-16-12-17(2)15-27(14-16)24(29)20-9-8-18(3)22(13-20)26-23(28)11-10-19-6-4-5-7-21(19)25;/h4-9,13,16-17H,10-12,14-15,25H2,1-3H3,(H,26,28);1H. The molecule has 5 nitrogen and oxygen atoms in total. The van der Waals surface area contributed by atoms with E-state index in [9.17, 15) is 9.59 Å². The summed E-state index contributed by atoms with van der Waals surface area (Å²) in [6.45, 7) is 7.89. The Kier molecular flexibility index (Phi) is 8.30. The first-order chi connectivity index (χ1) is 13.8. The smallest absolute Gasteiger partial charge is 0.253 e. The van der Waals surface area contributed by atoms with Crippen LogP contribution in [-0.2, 0) is 11.2 Å². The lowest BCUT2D eigenvalue weighted by Gasteiger charge is -2.35. The quantitative estimate of drug-likeness (QED) is 0.677. The number of anilines is 2. The average Bonchev–Trinajstić information content (AvgIpc) is 2.68. The molecule has 0 radical (unpaired) electrons. The number of piperidine rings is 1. The number of carbonyl (C=O) groups is 2. The zero-order chi connectivity index (χ0) is 21.0. The lowest BCUT2D eigenvalue weighted by molar-refractivity contribution is -0.116. The molecule has 0 aliphatic carbocycles. The second-order valence-electron chi connectivity index (χ2n) is 8.43. The van der Waals surface area contributed by atoms with Crippen molar-refractivity contribution in [2.45, 2.75) is 40.0 Å². The number of hydrogen-bond donors (Lipinski definition) is 2. The van der Waals surface area contributed by atoms with E-state index in [1.54, 1.807) is 6.07 Å². The first-order valence-electron chi connectivity index (χ1n) is 10.4. The van der Waals surface area contributed by atoms with E-state index in [0.29, 0.717) is 41.6 Å². The second kappa shape index (κ2) is 10.5. The summed E-state index contributed by atoms with van der Waals surface area (Å²) in [5.74, 6) is 0.979. The van der Waals surface area contributed by atoms with Gasteiger partial charge in [0.05, 0.1) is 0 Å². The molecule has 0 spiro atoms. The van der Waals surface area contributed by atoms with Crippen molar-refractivity contribution < 1.29 is 9.59 Å². The van der Waals surface area contributed by atoms with E-state index in [-0.39, 0.29) is 24.2 Å². The molecule has 162 valence electrons. The van der Waals surface area contributed by atoms with Gasteiger partial charge in [-0.25, -0.2) is 0 Å². The molecular formula is C24H32ClN3O2. The Hall–Kier alpha value is -2.53. The monoisotopic (exact) mass is 429 g/mol. The molecule has 1 saturated heterocycles. The fourth-order valence-corrected chi connectivity index (χ4v) is 4.12. The number of nitrogens with one attached hydrogen (secondary N) is 1. The molecule has 1 fully saturated rings. The Balaban J connectivity index is 0.00000320. The van der Waals surface area contributed by atoms with Gasteiger partial charge in [0, 0.05) is 36.4 Å². The number of likely N-dealkylation sites (tertiary alicyclic amines) is 1. The lowest BCUT2D eigenvalue weighted by atomic mass is 9.91. The summed E-state index contributed by atoms with van der Waals surface area (Å²) in [6, 6.07) is 13.1. The van der Waals surface area contributed by atoms with Crippen molar-refractivity contribution in [3.05, 3.63) is 59.2 Å². The maximum absolute atomic E-state index is 13.0. The molecule has 2 atom stereocenters. The van der Waals surface area contributed by atoms with Crippen LogP contribution in [0.5, 0.6) is 0 Å². The number of benzene rings is 2. The van der Waals surface area contributed by atoms with Crippen molar-refractivity contribution in [1.82, 2.24) is 4.90 Å². The van der Waals surface area contributed by atoms with Crippen LogP contribution in [0.25, 0.3) is 0 Å². The molecule has 3 N–H and O–H groups in total. The van der Waals surface area contributed by atoms with Gasteiger partial charge in [0.1, 0.15) is 0 Å². The SMILES string of the molecule is Cc1ccc(C(=O)N2CC(C)CC(C)C2)cc1NC(=O)CCc1ccccc1N.Cl. The van der Waals surface area contributed by atoms with Crippen LogP contribution in [0.4, 0.5) is 11.4 Å². The number of aryl methyl sites for hydroxylation is 2. The van der Waals surface area contributed by atoms with Gasteiger partial charge in [-0.15, -0.1) is 12.4 Å². The number of nitrogens with two attached hydrogens (primary N) is 1. The van der Waals surface area contributed by atoms with Crippen LogP contribution in [0, 0.1) is 18.8 Å². The maximum atomic E-state index is 13.0. The summed E-state index contributed by atoms with van der Waals surface area (Å²) < 4.78 is 0. The summed E-state index contributed by atoms with van der Waals surface area (Å²) in [6.07, 6.45) is 2.08. The summed E-state index contributed by atoms with van der Waals surface area (Å²) in [4.78, 5) is 27.4. The molecule has 1 aliphatic heterocycles. The van der Waals surface area contributed by atoms with Gasteiger partial charge in [0.2, 0.25) is 5.91 Å². The van der Waals surface area contributed by atoms with Crippen molar-refractivity contribution >= 4 is 35.6 Å². The molecule has 1 aliphatic rings. The van der Waals surface area contributed by atoms with Gasteiger partial charge in [-0.2, -0.15) is 0 Å². The van der Waals surface area contributed by atoms with Gasteiger partial charge in [-0.3, -0.25) is 9.59 Å². The molecule has 0 bridgehead atoms. The van der Waals surface area contributed by atoms with Gasteiger partial charge in [0.25, 0.3) is 5.91 Å². The predicted octanol–water partition coefficient (Wildman–Crippen LogP) is 4.69. The molecule has 2 aromatic rings. The molecule has 1 heterocycles. The molecule has 2 aromatic carbocycles. The largest absolute Gasteiger partial charge is 0.399 e. The molecule has 3 rings (SSSR count). The highest BCUT2D eigenvalue weighted by atomic mass is 35.5. The normalized spacial score (nSPS) is 18.4. The minimum atomic E-state index is -0.0823. The number of para-hydroxylation sites is 1. The molecule has 2 unspecified atom stereocenters. The van der Waals surface area contributed by atoms with Gasteiger partial charge < -0.3 is 16.0 Å². The first-order valence-corrected chi connectivity index (χ1v) is 10.4. The predicted molar refractivity (Wildman–Crippen MR) is 125 cm³/mol. The van der Waals surface area contributed by atoms with E-state index in [2.05, 4.69) is 19.2 Å². The number of hydrogen-bond acceptors (Lipinski definition) is 3. The average molecular weight is 430 g/mol.